The van der Waals surface area contributed by atoms with E-state index in [2.05, 4.69) is 16.0 Å². The summed E-state index contributed by atoms with van der Waals surface area (Å²) in [6.07, 6.45) is 5.15. The van der Waals surface area contributed by atoms with Crippen LogP contribution in [0.5, 0.6) is 5.75 Å². The molecule has 0 aliphatic heterocycles. The van der Waals surface area contributed by atoms with Gasteiger partial charge in [0.2, 0.25) is 0 Å². The summed E-state index contributed by atoms with van der Waals surface area (Å²) in [5.41, 5.74) is 0.948. The van der Waals surface area contributed by atoms with E-state index in [1.54, 1.807) is 6.92 Å². The predicted octanol–water partition coefficient (Wildman–Crippen LogP) is 1.35. The van der Waals surface area contributed by atoms with E-state index >= 15 is 0 Å². The van der Waals surface area contributed by atoms with Crippen LogP contribution >= 0.6 is 0 Å². The maximum absolute atomic E-state index is 11.2. The Morgan fingerprint density at radius 2 is 2.22 bits per heavy atom. The number of hydrogen-bond donors (Lipinski definition) is 1. The van der Waals surface area contributed by atoms with Gasteiger partial charge in [-0.25, -0.2) is 0 Å². The Bertz CT molecular complexity index is 437. The third-order valence-electron chi connectivity index (χ3n) is 2.44. The van der Waals surface area contributed by atoms with Crippen LogP contribution < -0.4 is 10.1 Å². The minimum Gasteiger partial charge on any atom is -0.481 e. The van der Waals surface area contributed by atoms with Crippen LogP contribution in [0, 0.1) is 12.3 Å². The Hall–Kier alpha value is -1.99. The first-order chi connectivity index (χ1) is 8.69. The van der Waals surface area contributed by atoms with E-state index in [1.807, 2.05) is 24.3 Å². The molecule has 0 spiro atoms. The highest BCUT2D eigenvalue weighted by atomic mass is 16.5. The molecular weight excluding hydrogens is 230 g/mol. The third-order valence-corrected chi connectivity index (χ3v) is 2.44. The number of methoxy groups -OCH3 is 1. The van der Waals surface area contributed by atoms with Crippen LogP contribution in [0.2, 0.25) is 0 Å². The molecule has 4 nitrogen and oxygen atoms in total. The van der Waals surface area contributed by atoms with E-state index in [0.717, 1.165) is 11.3 Å². The lowest BCUT2D eigenvalue weighted by Gasteiger charge is -2.13. The summed E-state index contributed by atoms with van der Waals surface area (Å²) in [7, 11) is 1.37. The average Bonchev–Trinajstić information content (AvgIpc) is 2.42. The summed E-state index contributed by atoms with van der Waals surface area (Å²) < 4.78 is 10.0. The molecule has 0 radical (unpaired) electrons. The molecule has 0 aromatic heterocycles. The van der Waals surface area contributed by atoms with Crippen LogP contribution in [-0.4, -0.2) is 25.7 Å². The lowest BCUT2D eigenvalue weighted by atomic mass is 10.2. The molecule has 0 amide bonds. The second kappa shape index (κ2) is 7.36. The summed E-state index contributed by atoms with van der Waals surface area (Å²) in [6.45, 7) is 2.48. The smallest absolute Gasteiger partial charge is 0.322 e. The van der Waals surface area contributed by atoms with Crippen molar-refractivity contribution in [2.45, 2.75) is 19.5 Å². The molecular formula is C14H17NO3. The Balaban J connectivity index is 2.61. The van der Waals surface area contributed by atoms with Gasteiger partial charge in [0, 0.05) is 12.1 Å². The normalized spacial score (nSPS) is 11.4. The van der Waals surface area contributed by atoms with Gasteiger partial charge in [0.1, 0.15) is 18.4 Å². The lowest BCUT2D eigenvalue weighted by molar-refractivity contribution is -0.142. The van der Waals surface area contributed by atoms with Crippen molar-refractivity contribution in [1.82, 2.24) is 5.32 Å². The van der Waals surface area contributed by atoms with Crippen molar-refractivity contribution in [1.29, 1.82) is 0 Å². The number of benzene rings is 1. The molecule has 1 atom stereocenters. The Kier molecular flexibility index (Phi) is 5.75. The first-order valence-corrected chi connectivity index (χ1v) is 5.64. The van der Waals surface area contributed by atoms with Crippen LogP contribution in [-0.2, 0) is 16.1 Å². The van der Waals surface area contributed by atoms with E-state index in [4.69, 9.17) is 11.2 Å². The number of hydrogen-bond acceptors (Lipinski definition) is 4. The molecule has 0 saturated carbocycles. The van der Waals surface area contributed by atoms with Crippen molar-refractivity contribution in [2.24, 2.45) is 0 Å². The monoisotopic (exact) mass is 247 g/mol. The zero-order valence-corrected chi connectivity index (χ0v) is 10.6. The molecule has 0 heterocycles. The highest BCUT2D eigenvalue weighted by Gasteiger charge is 2.12. The molecule has 18 heavy (non-hydrogen) atoms. The van der Waals surface area contributed by atoms with Gasteiger partial charge in [-0.1, -0.05) is 24.1 Å². The van der Waals surface area contributed by atoms with E-state index in [1.165, 1.54) is 7.11 Å². The van der Waals surface area contributed by atoms with Crippen LogP contribution in [0.1, 0.15) is 12.5 Å². The molecule has 0 bridgehead atoms. The van der Waals surface area contributed by atoms with Crippen LogP contribution in [0.25, 0.3) is 0 Å². The second-order valence-corrected chi connectivity index (χ2v) is 3.73. The number of para-hydroxylation sites is 1. The predicted molar refractivity (Wildman–Crippen MR) is 69.1 cm³/mol. The molecule has 0 aliphatic rings. The minimum absolute atomic E-state index is 0.226. The molecule has 1 N–H and O–H groups in total. The van der Waals surface area contributed by atoms with Gasteiger partial charge < -0.3 is 14.8 Å². The molecule has 4 heteroatoms. The standard InChI is InChI=1S/C14H17NO3/c1-4-9-18-13-8-6-5-7-12(13)10-15-11(2)14(16)17-3/h1,5-8,11,15H,9-10H2,2-3H3. The van der Waals surface area contributed by atoms with Crippen LogP contribution in [0.3, 0.4) is 0 Å². The van der Waals surface area contributed by atoms with Gasteiger partial charge in [0.25, 0.3) is 0 Å². The van der Waals surface area contributed by atoms with E-state index in [9.17, 15) is 4.79 Å². The SMILES string of the molecule is C#CCOc1ccccc1CNC(C)C(=O)OC. The topological polar surface area (TPSA) is 47.6 Å². The van der Waals surface area contributed by atoms with Crippen LogP contribution in [0.4, 0.5) is 0 Å². The first kappa shape index (κ1) is 14.1. The summed E-state index contributed by atoms with van der Waals surface area (Å²) in [5.74, 6) is 2.85. The number of nitrogens with one attached hydrogen (secondary N) is 1. The maximum Gasteiger partial charge on any atom is 0.322 e. The first-order valence-electron chi connectivity index (χ1n) is 5.64. The molecule has 0 aliphatic carbocycles. The Morgan fingerprint density at radius 1 is 1.50 bits per heavy atom. The summed E-state index contributed by atoms with van der Waals surface area (Å²) in [4.78, 5) is 11.2. The highest BCUT2D eigenvalue weighted by Crippen LogP contribution is 2.17. The van der Waals surface area contributed by atoms with Gasteiger partial charge in [-0.15, -0.1) is 6.42 Å². The van der Waals surface area contributed by atoms with Gasteiger partial charge in [0.15, 0.2) is 0 Å². The van der Waals surface area contributed by atoms with Gasteiger partial charge >= 0.3 is 5.97 Å². The number of carbonyl (C=O) groups excluding carboxylic acids is 1. The Morgan fingerprint density at radius 3 is 2.89 bits per heavy atom. The molecule has 1 aromatic rings. The number of esters is 1. The van der Waals surface area contributed by atoms with Gasteiger partial charge in [-0.05, 0) is 13.0 Å². The lowest BCUT2D eigenvalue weighted by Crippen LogP contribution is -2.34. The molecule has 1 unspecified atom stereocenters. The number of ether oxygens (including phenoxy) is 2. The molecule has 0 fully saturated rings. The van der Waals surface area contributed by atoms with Crippen molar-refractivity contribution >= 4 is 5.97 Å². The quantitative estimate of drug-likeness (QED) is 0.609. The number of terminal acetylenes is 1. The zero-order chi connectivity index (χ0) is 13.4. The minimum atomic E-state index is -0.365. The molecule has 0 saturated heterocycles. The third kappa shape index (κ3) is 4.11. The summed E-state index contributed by atoms with van der Waals surface area (Å²) in [6, 6.07) is 7.18. The second-order valence-electron chi connectivity index (χ2n) is 3.73. The van der Waals surface area contributed by atoms with Crippen molar-refractivity contribution in [3.63, 3.8) is 0 Å². The number of carbonyl (C=O) groups is 1. The maximum atomic E-state index is 11.2. The van der Waals surface area contributed by atoms with E-state index in [0.29, 0.717) is 6.54 Å². The molecule has 96 valence electrons. The largest absolute Gasteiger partial charge is 0.481 e. The summed E-state index contributed by atoms with van der Waals surface area (Å²) >= 11 is 0. The zero-order valence-electron chi connectivity index (χ0n) is 10.6. The van der Waals surface area contributed by atoms with E-state index in [-0.39, 0.29) is 18.6 Å². The molecule has 1 aromatic carbocycles. The van der Waals surface area contributed by atoms with Crippen molar-refractivity contribution in [2.75, 3.05) is 13.7 Å². The van der Waals surface area contributed by atoms with Gasteiger partial charge in [-0.2, -0.15) is 0 Å². The average molecular weight is 247 g/mol. The van der Waals surface area contributed by atoms with E-state index < -0.39 is 0 Å². The highest BCUT2D eigenvalue weighted by molar-refractivity contribution is 5.75. The summed E-state index contributed by atoms with van der Waals surface area (Å²) in [5, 5.41) is 3.06. The number of rotatable bonds is 6. The van der Waals surface area contributed by atoms with Crippen molar-refractivity contribution < 1.29 is 14.3 Å². The van der Waals surface area contributed by atoms with Crippen molar-refractivity contribution in [3.05, 3.63) is 29.8 Å². The molecule has 1 rings (SSSR count). The Labute approximate surface area is 107 Å². The van der Waals surface area contributed by atoms with Gasteiger partial charge in [-0.3, -0.25) is 4.79 Å². The fourth-order valence-electron chi connectivity index (χ4n) is 1.43. The van der Waals surface area contributed by atoms with Crippen molar-refractivity contribution in [3.8, 4) is 18.1 Å². The van der Waals surface area contributed by atoms with Gasteiger partial charge in [0.05, 0.1) is 7.11 Å². The fourth-order valence-corrected chi connectivity index (χ4v) is 1.43. The fraction of sp³-hybridized carbons (Fsp3) is 0.357. The van der Waals surface area contributed by atoms with Crippen LogP contribution in [0.15, 0.2) is 24.3 Å².